The second-order valence-electron chi connectivity index (χ2n) is 6.44. The number of ether oxygens (including phenoxy) is 1. The van der Waals surface area contributed by atoms with E-state index in [0.717, 1.165) is 10.0 Å². The molecule has 0 unspecified atom stereocenters. The minimum absolute atomic E-state index is 0.0422. The Bertz CT molecular complexity index is 1260. The average Bonchev–Trinajstić information content (AvgIpc) is 3.37. The zero-order chi connectivity index (χ0) is 21.3. The SMILES string of the molecule is COc1cccc2[nH]c(NC(=O)c3nc[nH]c3C(=O)Nc3cc(Br)ccc3C)nc12. The van der Waals surface area contributed by atoms with Crippen molar-refractivity contribution in [1.82, 2.24) is 19.9 Å². The van der Waals surface area contributed by atoms with Gasteiger partial charge in [0.1, 0.15) is 17.0 Å². The lowest BCUT2D eigenvalue weighted by atomic mass is 10.2. The van der Waals surface area contributed by atoms with Crippen LogP contribution in [-0.4, -0.2) is 38.9 Å². The topological polar surface area (TPSA) is 125 Å². The molecule has 0 bridgehead atoms. The van der Waals surface area contributed by atoms with Crippen molar-refractivity contribution in [3.63, 3.8) is 0 Å². The Morgan fingerprint density at radius 3 is 2.77 bits per heavy atom. The second-order valence-corrected chi connectivity index (χ2v) is 7.35. The average molecular weight is 469 g/mol. The number of aryl methyl sites for hydroxylation is 1. The standard InChI is InChI=1S/C20H17BrN6O3/c1-10-6-7-11(21)8-13(10)24-18(28)16-17(23-9-22-16)19(29)27-20-25-12-4-3-5-14(30-2)15(12)26-20/h3-9H,1-2H3,(H,22,23)(H,24,28)(H2,25,26,27,29). The van der Waals surface area contributed by atoms with Gasteiger partial charge in [-0.1, -0.05) is 28.1 Å². The number of imidazole rings is 2. The molecule has 4 aromatic rings. The molecule has 0 atom stereocenters. The largest absolute Gasteiger partial charge is 0.494 e. The lowest BCUT2D eigenvalue weighted by Crippen LogP contribution is -2.21. The van der Waals surface area contributed by atoms with E-state index in [-0.39, 0.29) is 17.3 Å². The molecule has 9 nitrogen and oxygen atoms in total. The lowest BCUT2D eigenvalue weighted by Gasteiger charge is -2.09. The number of hydrogen-bond donors (Lipinski definition) is 4. The predicted molar refractivity (Wildman–Crippen MR) is 116 cm³/mol. The van der Waals surface area contributed by atoms with Crippen molar-refractivity contribution in [2.24, 2.45) is 0 Å². The summed E-state index contributed by atoms with van der Waals surface area (Å²) in [5, 5.41) is 5.42. The van der Waals surface area contributed by atoms with Gasteiger partial charge in [0, 0.05) is 10.2 Å². The zero-order valence-electron chi connectivity index (χ0n) is 16.0. The summed E-state index contributed by atoms with van der Waals surface area (Å²) in [6.45, 7) is 1.87. The highest BCUT2D eigenvalue weighted by Gasteiger charge is 2.22. The summed E-state index contributed by atoms with van der Waals surface area (Å²) in [6, 6.07) is 10.9. The van der Waals surface area contributed by atoms with Gasteiger partial charge in [0.05, 0.1) is 19.0 Å². The maximum Gasteiger partial charge on any atom is 0.279 e. The molecule has 2 heterocycles. The van der Waals surface area contributed by atoms with Crippen molar-refractivity contribution in [2.75, 3.05) is 17.7 Å². The van der Waals surface area contributed by atoms with Crippen molar-refractivity contribution in [3.8, 4) is 5.75 Å². The molecule has 0 aliphatic carbocycles. The number of benzene rings is 2. The monoisotopic (exact) mass is 468 g/mol. The van der Waals surface area contributed by atoms with E-state index in [0.29, 0.717) is 22.5 Å². The molecule has 0 saturated carbocycles. The molecule has 0 aliphatic heterocycles. The Hall–Kier alpha value is -3.66. The van der Waals surface area contributed by atoms with Crippen LogP contribution < -0.4 is 15.4 Å². The number of methoxy groups -OCH3 is 1. The van der Waals surface area contributed by atoms with E-state index in [1.54, 1.807) is 19.2 Å². The summed E-state index contributed by atoms with van der Waals surface area (Å²) < 4.78 is 6.10. The zero-order valence-corrected chi connectivity index (χ0v) is 17.6. The van der Waals surface area contributed by atoms with Crippen molar-refractivity contribution in [1.29, 1.82) is 0 Å². The first-order chi connectivity index (χ1) is 14.5. The van der Waals surface area contributed by atoms with Gasteiger partial charge in [0.2, 0.25) is 5.95 Å². The van der Waals surface area contributed by atoms with Crippen LogP contribution >= 0.6 is 15.9 Å². The van der Waals surface area contributed by atoms with Crippen LogP contribution in [0, 0.1) is 6.92 Å². The molecule has 2 amide bonds. The molecule has 2 aromatic heterocycles. The number of carbonyl (C=O) groups is 2. The van der Waals surface area contributed by atoms with Crippen LogP contribution in [-0.2, 0) is 0 Å². The number of nitrogens with zero attached hydrogens (tertiary/aromatic N) is 2. The van der Waals surface area contributed by atoms with Crippen molar-refractivity contribution >= 4 is 50.4 Å². The van der Waals surface area contributed by atoms with Crippen LogP contribution in [0.3, 0.4) is 0 Å². The van der Waals surface area contributed by atoms with Crippen molar-refractivity contribution < 1.29 is 14.3 Å². The van der Waals surface area contributed by atoms with Gasteiger partial charge >= 0.3 is 0 Å². The number of hydrogen-bond acceptors (Lipinski definition) is 5. The quantitative estimate of drug-likeness (QED) is 0.353. The van der Waals surface area contributed by atoms with Crippen LogP contribution in [0.4, 0.5) is 11.6 Å². The number of aromatic amines is 2. The first-order valence-electron chi connectivity index (χ1n) is 8.91. The number of halogens is 1. The lowest BCUT2D eigenvalue weighted by molar-refractivity contribution is 0.0985. The molecule has 0 radical (unpaired) electrons. The highest BCUT2D eigenvalue weighted by molar-refractivity contribution is 9.10. The van der Waals surface area contributed by atoms with E-state index in [1.165, 1.54) is 6.33 Å². The summed E-state index contributed by atoms with van der Waals surface area (Å²) in [7, 11) is 1.54. The first kappa shape index (κ1) is 19.6. The third kappa shape index (κ3) is 3.77. The summed E-state index contributed by atoms with van der Waals surface area (Å²) in [5.74, 6) is -0.263. The predicted octanol–water partition coefficient (Wildman–Crippen LogP) is 3.87. The van der Waals surface area contributed by atoms with E-state index in [1.807, 2.05) is 31.2 Å². The number of nitrogens with one attached hydrogen (secondary N) is 4. The minimum atomic E-state index is -0.578. The number of aromatic nitrogens is 4. The molecule has 2 aromatic carbocycles. The third-order valence-corrected chi connectivity index (χ3v) is 4.95. The fraction of sp³-hybridized carbons (Fsp3) is 0.100. The van der Waals surface area contributed by atoms with E-state index >= 15 is 0 Å². The van der Waals surface area contributed by atoms with Crippen LogP contribution in [0.15, 0.2) is 47.2 Å². The van der Waals surface area contributed by atoms with Gasteiger partial charge in [-0.2, -0.15) is 0 Å². The Labute approximate surface area is 179 Å². The van der Waals surface area contributed by atoms with Gasteiger partial charge in [-0.25, -0.2) is 9.97 Å². The Balaban J connectivity index is 1.56. The van der Waals surface area contributed by atoms with Crippen molar-refractivity contribution in [2.45, 2.75) is 6.92 Å². The van der Waals surface area contributed by atoms with Crippen LogP contribution in [0.1, 0.15) is 26.5 Å². The van der Waals surface area contributed by atoms with Crippen LogP contribution in [0.25, 0.3) is 11.0 Å². The van der Waals surface area contributed by atoms with Gasteiger partial charge in [-0.15, -0.1) is 0 Å². The third-order valence-electron chi connectivity index (χ3n) is 4.46. The number of amides is 2. The molecule has 0 fully saturated rings. The molecule has 0 spiro atoms. The van der Waals surface area contributed by atoms with Gasteiger partial charge in [-0.3, -0.25) is 14.9 Å². The summed E-state index contributed by atoms with van der Waals surface area (Å²) in [5.41, 5.74) is 2.79. The summed E-state index contributed by atoms with van der Waals surface area (Å²) >= 11 is 3.38. The molecular formula is C20H17BrN6O3. The second kappa shape index (κ2) is 7.99. The van der Waals surface area contributed by atoms with E-state index in [9.17, 15) is 9.59 Å². The number of fused-ring (bicyclic) bond motifs is 1. The number of rotatable bonds is 5. The minimum Gasteiger partial charge on any atom is -0.494 e. The first-order valence-corrected chi connectivity index (χ1v) is 9.70. The fourth-order valence-electron chi connectivity index (χ4n) is 2.95. The molecule has 0 saturated heterocycles. The summed E-state index contributed by atoms with van der Waals surface area (Å²) in [4.78, 5) is 39.5. The normalized spacial score (nSPS) is 10.8. The van der Waals surface area contributed by atoms with Gasteiger partial charge < -0.3 is 20.0 Å². The molecule has 30 heavy (non-hydrogen) atoms. The van der Waals surface area contributed by atoms with E-state index in [4.69, 9.17) is 4.74 Å². The van der Waals surface area contributed by atoms with Gasteiger partial charge in [-0.05, 0) is 36.8 Å². The van der Waals surface area contributed by atoms with Gasteiger partial charge in [0.15, 0.2) is 5.69 Å². The highest BCUT2D eigenvalue weighted by atomic mass is 79.9. The molecule has 10 heteroatoms. The fourth-order valence-corrected chi connectivity index (χ4v) is 3.31. The highest BCUT2D eigenvalue weighted by Crippen LogP contribution is 2.25. The number of H-pyrrole nitrogens is 2. The molecule has 4 rings (SSSR count). The molecular weight excluding hydrogens is 452 g/mol. The summed E-state index contributed by atoms with van der Waals surface area (Å²) in [6.07, 6.45) is 1.29. The number of carbonyl (C=O) groups excluding carboxylic acids is 2. The Morgan fingerprint density at radius 2 is 1.97 bits per heavy atom. The van der Waals surface area contributed by atoms with Gasteiger partial charge in [0.25, 0.3) is 11.8 Å². The number of anilines is 2. The number of para-hydroxylation sites is 1. The molecule has 152 valence electrons. The maximum absolute atomic E-state index is 12.7. The van der Waals surface area contributed by atoms with E-state index in [2.05, 4.69) is 46.5 Å². The smallest absolute Gasteiger partial charge is 0.279 e. The van der Waals surface area contributed by atoms with E-state index < -0.39 is 11.8 Å². The Kier molecular flexibility index (Phi) is 5.23. The molecule has 4 N–H and O–H groups in total. The Morgan fingerprint density at radius 1 is 1.13 bits per heavy atom. The molecule has 0 aliphatic rings. The van der Waals surface area contributed by atoms with Crippen LogP contribution in [0.5, 0.6) is 5.75 Å². The van der Waals surface area contributed by atoms with Crippen LogP contribution in [0.2, 0.25) is 0 Å². The maximum atomic E-state index is 12.7. The van der Waals surface area contributed by atoms with Crippen molar-refractivity contribution in [3.05, 3.63) is 64.1 Å².